The first kappa shape index (κ1) is 29.4. The third-order valence-corrected chi connectivity index (χ3v) is 7.79. The molecule has 2 saturated heterocycles. The highest BCUT2D eigenvalue weighted by Crippen LogP contribution is 2.42. The van der Waals surface area contributed by atoms with E-state index in [-0.39, 0.29) is 28.3 Å². The molecule has 2 atom stereocenters. The van der Waals surface area contributed by atoms with E-state index in [1.165, 1.54) is 30.3 Å². The van der Waals surface area contributed by atoms with Crippen LogP contribution in [0, 0.1) is 5.41 Å². The van der Waals surface area contributed by atoms with E-state index in [2.05, 4.69) is 15.3 Å². The number of ether oxygens (including phenoxy) is 1. The minimum absolute atomic E-state index is 0.181. The Labute approximate surface area is 236 Å². The molecule has 2 aliphatic rings. The molecule has 5 rings (SSSR count). The SMILES string of the molecule is Nc1nc(O[C@H](c2ccc(-c3cccc(C(F)(F)F)c3)cc2)C(F)(F)F)cc(N2CCC3(CC2)CN[C@H](C(=O)O)C3)n1. The van der Waals surface area contributed by atoms with Crippen LogP contribution in [0.15, 0.2) is 54.6 Å². The number of hydrogen-bond donors (Lipinski definition) is 3. The average molecular weight is 596 g/mol. The number of halogens is 6. The molecule has 8 nitrogen and oxygen atoms in total. The summed E-state index contributed by atoms with van der Waals surface area (Å²) in [6, 6.07) is 10.0. The number of hydrogen-bond acceptors (Lipinski definition) is 7. The van der Waals surface area contributed by atoms with Gasteiger partial charge in [0.1, 0.15) is 11.9 Å². The van der Waals surface area contributed by atoms with Crippen LogP contribution >= 0.6 is 0 Å². The highest BCUT2D eigenvalue weighted by molar-refractivity contribution is 5.74. The normalized spacial score (nSPS) is 19.6. The summed E-state index contributed by atoms with van der Waals surface area (Å²) in [7, 11) is 0. The monoisotopic (exact) mass is 595 g/mol. The Kier molecular flexibility index (Phi) is 7.68. The number of nitrogens with one attached hydrogen (secondary N) is 1. The molecule has 2 aliphatic heterocycles. The first-order valence-corrected chi connectivity index (χ1v) is 13.1. The Balaban J connectivity index is 1.33. The zero-order valence-electron chi connectivity index (χ0n) is 22.0. The van der Waals surface area contributed by atoms with Gasteiger partial charge in [0.25, 0.3) is 0 Å². The average Bonchev–Trinajstić information content (AvgIpc) is 3.35. The second kappa shape index (κ2) is 11.0. The summed E-state index contributed by atoms with van der Waals surface area (Å²) in [6.45, 7) is 1.55. The number of carbonyl (C=O) groups is 1. The topological polar surface area (TPSA) is 114 Å². The molecule has 0 aliphatic carbocycles. The number of rotatable bonds is 6. The van der Waals surface area contributed by atoms with Crippen LogP contribution in [0.2, 0.25) is 0 Å². The number of aromatic nitrogens is 2. The lowest BCUT2D eigenvalue weighted by Gasteiger charge is -2.39. The second-order valence-corrected chi connectivity index (χ2v) is 10.6. The summed E-state index contributed by atoms with van der Waals surface area (Å²) in [5, 5.41) is 12.3. The van der Waals surface area contributed by atoms with Crippen LogP contribution in [-0.4, -0.2) is 52.9 Å². The quantitative estimate of drug-likeness (QED) is 0.322. The van der Waals surface area contributed by atoms with Gasteiger partial charge < -0.3 is 25.8 Å². The highest BCUT2D eigenvalue weighted by atomic mass is 19.4. The Hall–Kier alpha value is -4.07. The number of nitrogen functional groups attached to an aromatic ring is 1. The van der Waals surface area contributed by atoms with Crippen LogP contribution in [0.1, 0.15) is 36.5 Å². The van der Waals surface area contributed by atoms with Crippen molar-refractivity contribution in [2.75, 3.05) is 30.3 Å². The van der Waals surface area contributed by atoms with E-state index in [4.69, 9.17) is 10.5 Å². The maximum Gasteiger partial charge on any atom is 0.429 e. The van der Waals surface area contributed by atoms with E-state index in [1.54, 1.807) is 0 Å². The Morgan fingerprint density at radius 1 is 1.02 bits per heavy atom. The van der Waals surface area contributed by atoms with Crippen LogP contribution in [0.3, 0.4) is 0 Å². The third-order valence-electron chi connectivity index (χ3n) is 7.79. The van der Waals surface area contributed by atoms with Crippen LogP contribution in [0.25, 0.3) is 11.1 Å². The molecule has 3 heterocycles. The third kappa shape index (κ3) is 6.37. The summed E-state index contributed by atoms with van der Waals surface area (Å²) in [4.78, 5) is 21.2. The van der Waals surface area contributed by atoms with E-state index in [1.807, 2.05) is 4.90 Å². The van der Waals surface area contributed by atoms with Crippen molar-refractivity contribution in [3.8, 4) is 17.0 Å². The predicted molar refractivity (Wildman–Crippen MR) is 141 cm³/mol. The molecule has 0 bridgehead atoms. The lowest BCUT2D eigenvalue weighted by atomic mass is 9.76. The first-order chi connectivity index (χ1) is 19.7. The largest absolute Gasteiger partial charge is 0.480 e. The van der Waals surface area contributed by atoms with Crippen molar-refractivity contribution < 1.29 is 41.0 Å². The predicted octanol–water partition coefficient (Wildman–Crippen LogP) is 5.46. The fraction of sp³-hybridized carbons (Fsp3) is 0.393. The molecular weight excluding hydrogens is 568 g/mol. The Morgan fingerprint density at radius 2 is 1.71 bits per heavy atom. The summed E-state index contributed by atoms with van der Waals surface area (Å²) >= 11 is 0. The minimum Gasteiger partial charge on any atom is -0.480 e. The Bertz CT molecular complexity index is 1440. The molecule has 0 unspecified atom stereocenters. The Morgan fingerprint density at radius 3 is 2.31 bits per heavy atom. The number of piperidine rings is 1. The van der Waals surface area contributed by atoms with Gasteiger partial charge in [0.05, 0.1) is 5.56 Å². The maximum absolute atomic E-state index is 14.1. The van der Waals surface area contributed by atoms with Gasteiger partial charge in [-0.05, 0) is 47.9 Å². The van der Waals surface area contributed by atoms with Gasteiger partial charge in [-0.3, -0.25) is 4.79 Å². The molecule has 0 amide bonds. The molecule has 1 aromatic heterocycles. The molecule has 4 N–H and O–H groups in total. The van der Waals surface area contributed by atoms with Crippen molar-refractivity contribution in [1.82, 2.24) is 15.3 Å². The number of carboxylic acids is 1. The number of benzene rings is 2. The summed E-state index contributed by atoms with van der Waals surface area (Å²) in [5.74, 6) is -1.29. The van der Waals surface area contributed by atoms with E-state index >= 15 is 0 Å². The summed E-state index contributed by atoms with van der Waals surface area (Å²) in [5.41, 5.74) is 4.99. The van der Waals surface area contributed by atoms with Crippen LogP contribution in [0.5, 0.6) is 5.88 Å². The van der Waals surface area contributed by atoms with Gasteiger partial charge in [-0.2, -0.15) is 36.3 Å². The van der Waals surface area contributed by atoms with Gasteiger partial charge in [-0.1, -0.05) is 36.4 Å². The number of nitrogens with two attached hydrogens (primary N) is 1. The fourth-order valence-electron chi connectivity index (χ4n) is 5.51. The van der Waals surface area contributed by atoms with E-state index in [0.29, 0.717) is 44.5 Å². The molecule has 3 aromatic rings. The number of nitrogens with zero attached hydrogens (tertiary/aromatic N) is 3. The fourth-order valence-corrected chi connectivity index (χ4v) is 5.51. The van der Waals surface area contributed by atoms with Crippen LogP contribution in [-0.2, 0) is 11.0 Å². The van der Waals surface area contributed by atoms with E-state index in [9.17, 15) is 36.2 Å². The summed E-state index contributed by atoms with van der Waals surface area (Å²) < 4.78 is 87.0. The minimum atomic E-state index is -4.86. The van der Waals surface area contributed by atoms with Gasteiger partial charge in [-0.25, -0.2) is 0 Å². The zero-order valence-corrected chi connectivity index (χ0v) is 22.0. The van der Waals surface area contributed by atoms with E-state index in [0.717, 1.165) is 24.3 Å². The molecule has 14 heteroatoms. The molecule has 42 heavy (non-hydrogen) atoms. The number of alkyl halides is 6. The molecule has 0 saturated carbocycles. The molecule has 2 fully saturated rings. The van der Waals surface area contributed by atoms with Crippen molar-refractivity contribution in [3.05, 3.63) is 65.7 Å². The van der Waals surface area contributed by atoms with Gasteiger partial charge in [0, 0.05) is 31.3 Å². The molecule has 1 spiro atoms. The lowest BCUT2D eigenvalue weighted by molar-refractivity contribution is -0.198. The number of anilines is 2. The van der Waals surface area contributed by atoms with E-state index < -0.39 is 41.9 Å². The smallest absolute Gasteiger partial charge is 0.429 e. The second-order valence-electron chi connectivity index (χ2n) is 10.6. The maximum atomic E-state index is 14.1. The van der Waals surface area contributed by atoms with Crippen molar-refractivity contribution in [2.24, 2.45) is 5.41 Å². The molecule has 224 valence electrons. The van der Waals surface area contributed by atoms with Gasteiger partial charge in [-0.15, -0.1) is 0 Å². The van der Waals surface area contributed by atoms with Crippen molar-refractivity contribution in [1.29, 1.82) is 0 Å². The first-order valence-electron chi connectivity index (χ1n) is 13.1. The van der Waals surface area contributed by atoms with Crippen molar-refractivity contribution >= 4 is 17.7 Å². The number of carboxylic acid groups (broad SMARTS) is 1. The molecule has 0 radical (unpaired) electrons. The molecular formula is C28H27F6N5O3. The van der Waals surface area contributed by atoms with Crippen LogP contribution in [0.4, 0.5) is 38.1 Å². The van der Waals surface area contributed by atoms with Gasteiger partial charge in [0.15, 0.2) is 0 Å². The van der Waals surface area contributed by atoms with Gasteiger partial charge in [0.2, 0.25) is 17.9 Å². The van der Waals surface area contributed by atoms with Crippen molar-refractivity contribution in [2.45, 2.75) is 43.8 Å². The molecule has 2 aromatic carbocycles. The lowest BCUT2D eigenvalue weighted by Crippen LogP contribution is -2.41. The highest BCUT2D eigenvalue weighted by Gasteiger charge is 2.45. The standard InChI is InChI=1S/C28H27F6N5O3/c29-27(30,31)19-3-1-2-18(12-19)16-4-6-17(7-5-16)23(28(32,33)34)42-22-13-21(37-25(35)38-22)39-10-8-26(9-11-39)14-20(24(40)41)36-15-26/h1-7,12-13,20,23,36H,8-11,14-15H2,(H,40,41)(H2,35,37,38)/t20-,23+/m0/s1. The zero-order chi connectivity index (χ0) is 30.3. The number of aliphatic carboxylic acids is 1. The van der Waals surface area contributed by atoms with Crippen LogP contribution < -0.4 is 20.7 Å². The van der Waals surface area contributed by atoms with Gasteiger partial charge >= 0.3 is 18.3 Å². The van der Waals surface area contributed by atoms with Crippen molar-refractivity contribution in [3.63, 3.8) is 0 Å². The summed E-state index contributed by atoms with van der Waals surface area (Å²) in [6.07, 6.45) is -10.0.